The maximum absolute atomic E-state index is 12.0. The summed E-state index contributed by atoms with van der Waals surface area (Å²) in [6.45, 7) is 6.66. The third kappa shape index (κ3) is 3.76. The SMILES string of the molecule is Cc1csc(CN(C)CC(=O)N2CCNCC2)n1. The van der Waals surface area contributed by atoms with Crippen molar-refractivity contribution < 1.29 is 4.79 Å². The fourth-order valence-electron chi connectivity index (χ4n) is 2.01. The summed E-state index contributed by atoms with van der Waals surface area (Å²) in [5, 5.41) is 6.36. The molecule has 1 aromatic rings. The molecule has 0 unspecified atom stereocenters. The molecule has 0 atom stereocenters. The van der Waals surface area contributed by atoms with Gasteiger partial charge in [-0.1, -0.05) is 0 Å². The number of hydrogen-bond donors (Lipinski definition) is 1. The van der Waals surface area contributed by atoms with E-state index in [-0.39, 0.29) is 5.91 Å². The lowest BCUT2D eigenvalue weighted by Crippen LogP contribution is -2.49. The van der Waals surface area contributed by atoms with E-state index in [1.807, 2.05) is 29.2 Å². The number of piperazine rings is 1. The van der Waals surface area contributed by atoms with Crippen molar-refractivity contribution in [1.82, 2.24) is 20.1 Å². The molecule has 100 valence electrons. The highest BCUT2D eigenvalue weighted by Gasteiger charge is 2.17. The van der Waals surface area contributed by atoms with Crippen molar-refractivity contribution in [3.05, 3.63) is 16.1 Å². The molecule has 1 aliphatic rings. The molecule has 0 aromatic carbocycles. The van der Waals surface area contributed by atoms with Gasteiger partial charge < -0.3 is 10.2 Å². The van der Waals surface area contributed by atoms with Crippen LogP contribution in [0.1, 0.15) is 10.7 Å². The third-order valence-corrected chi connectivity index (χ3v) is 3.90. The Labute approximate surface area is 112 Å². The summed E-state index contributed by atoms with van der Waals surface area (Å²) in [7, 11) is 1.97. The topological polar surface area (TPSA) is 48.5 Å². The largest absolute Gasteiger partial charge is 0.339 e. The Balaban J connectivity index is 1.79. The van der Waals surface area contributed by atoms with Gasteiger partial charge in [-0.2, -0.15) is 0 Å². The van der Waals surface area contributed by atoms with E-state index in [1.165, 1.54) is 0 Å². The fraction of sp³-hybridized carbons (Fsp3) is 0.667. The molecule has 1 amide bonds. The Hall–Kier alpha value is -0.980. The van der Waals surface area contributed by atoms with Gasteiger partial charge >= 0.3 is 0 Å². The van der Waals surface area contributed by atoms with E-state index < -0.39 is 0 Å². The van der Waals surface area contributed by atoms with Crippen LogP contribution in [0.15, 0.2) is 5.38 Å². The van der Waals surface area contributed by atoms with E-state index in [0.717, 1.165) is 43.4 Å². The van der Waals surface area contributed by atoms with Gasteiger partial charge in [0, 0.05) is 37.3 Å². The molecule has 2 heterocycles. The highest BCUT2D eigenvalue weighted by Crippen LogP contribution is 2.10. The Morgan fingerprint density at radius 2 is 2.28 bits per heavy atom. The van der Waals surface area contributed by atoms with Crippen LogP contribution in [0.5, 0.6) is 0 Å². The van der Waals surface area contributed by atoms with Crippen molar-refractivity contribution in [3.8, 4) is 0 Å². The molecule has 18 heavy (non-hydrogen) atoms. The Morgan fingerprint density at radius 3 is 2.89 bits per heavy atom. The van der Waals surface area contributed by atoms with Crippen molar-refractivity contribution in [2.75, 3.05) is 39.8 Å². The lowest BCUT2D eigenvalue weighted by atomic mass is 10.3. The minimum Gasteiger partial charge on any atom is -0.339 e. The summed E-state index contributed by atoms with van der Waals surface area (Å²) in [5.41, 5.74) is 1.05. The van der Waals surface area contributed by atoms with Gasteiger partial charge in [-0.25, -0.2) is 4.98 Å². The van der Waals surface area contributed by atoms with Gasteiger partial charge in [0.05, 0.1) is 13.1 Å². The molecule has 1 N–H and O–H groups in total. The smallest absolute Gasteiger partial charge is 0.236 e. The molecule has 0 saturated carbocycles. The number of aryl methyl sites for hydroxylation is 1. The number of nitrogens with zero attached hydrogens (tertiary/aromatic N) is 3. The highest BCUT2D eigenvalue weighted by atomic mass is 32.1. The number of thiazole rings is 1. The molecular weight excluding hydrogens is 248 g/mol. The third-order valence-electron chi connectivity index (χ3n) is 2.95. The van der Waals surface area contributed by atoms with Crippen molar-refractivity contribution in [2.24, 2.45) is 0 Å². The average Bonchev–Trinajstić information content (AvgIpc) is 2.75. The molecule has 0 spiro atoms. The normalized spacial score (nSPS) is 16.3. The number of carbonyl (C=O) groups is 1. The molecule has 2 rings (SSSR count). The highest BCUT2D eigenvalue weighted by molar-refractivity contribution is 7.09. The standard InChI is InChI=1S/C12H20N4OS/c1-10-9-18-11(14-10)7-15(2)8-12(17)16-5-3-13-4-6-16/h9,13H,3-8H2,1-2H3. The first-order chi connectivity index (χ1) is 8.65. The lowest BCUT2D eigenvalue weighted by Gasteiger charge is -2.29. The number of amides is 1. The van der Waals surface area contributed by atoms with Gasteiger partial charge in [0.15, 0.2) is 0 Å². The van der Waals surface area contributed by atoms with Crippen LogP contribution >= 0.6 is 11.3 Å². The maximum Gasteiger partial charge on any atom is 0.236 e. The molecule has 1 saturated heterocycles. The molecule has 0 radical (unpaired) electrons. The van der Waals surface area contributed by atoms with E-state index in [4.69, 9.17) is 0 Å². The fourth-order valence-corrected chi connectivity index (χ4v) is 2.86. The number of likely N-dealkylation sites (N-methyl/N-ethyl adjacent to an activating group) is 1. The second-order valence-electron chi connectivity index (χ2n) is 4.69. The van der Waals surface area contributed by atoms with Crippen LogP contribution < -0.4 is 5.32 Å². The zero-order valence-corrected chi connectivity index (χ0v) is 11.8. The number of hydrogen-bond acceptors (Lipinski definition) is 5. The van der Waals surface area contributed by atoms with Crippen molar-refractivity contribution >= 4 is 17.2 Å². The molecule has 1 aliphatic heterocycles. The van der Waals surface area contributed by atoms with Crippen molar-refractivity contribution in [3.63, 3.8) is 0 Å². The number of carbonyl (C=O) groups excluding carboxylic acids is 1. The van der Waals surface area contributed by atoms with Crippen LogP contribution in [-0.2, 0) is 11.3 Å². The molecule has 6 heteroatoms. The Kier molecular flexibility index (Phi) is 4.68. The minimum absolute atomic E-state index is 0.215. The van der Waals surface area contributed by atoms with Crippen LogP contribution in [0.25, 0.3) is 0 Å². The van der Waals surface area contributed by atoms with E-state index in [2.05, 4.69) is 10.3 Å². The van der Waals surface area contributed by atoms with Gasteiger partial charge in [-0.15, -0.1) is 11.3 Å². The second kappa shape index (κ2) is 6.26. The van der Waals surface area contributed by atoms with Crippen LogP contribution in [0, 0.1) is 6.92 Å². The summed E-state index contributed by atoms with van der Waals surface area (Å²) in [5.74, 6) is 0.215. The molecule has 0 bridgehead atoms. The summed E-state index contributed by atoms with van der Waals surface area (Å²) in [6, 6.07) is 0. The Morgan fingerprint density at radius 1 is 1.56 bits per heavy atom. The number of nitrogens with one attached hydrogen (secondary N) is 1. The quantitative estimate of drug-likeness (QED) is 0.854. The maximum atomic E-state index is 12.0. The first-order valence-corrected chi connectivity index (χ1v) is 7.11. The van der Waals surface area contributed by atoms with Gasteiger partial charge in [-0.3, -0.25) is 9.69 Å². The monoisotopic (exact) mass is 268 g/mol. The second-order valence-corrected chi connectivity index (χ2v) is 5.63. The van der Waals surface area contributed by atoms with Gasteiger partial charge in [-0.05, 0) is 14.0 Å². The van der Waals surface area contributed by atoms with Crippen molar-refractivity contribution in [2.45, 2.75) is 13.5 Å². The zero-order chi connectivity index (χ0) is 13.0. The van der Waals surface area contributed by atoms with E-state index in [9.17, 15) is 4.79 Å². The zero-order valence-electron chi connectivity index (χ0n) is 11.0. The van der Waals surface area contributed by atoms with E-state index >= 15 is 0 Å². The van der Waals surface area contributed by atoms with Gasteiger partial charge in [0.25, 0.3) is 0 Å². The van der Waals surface area contributed by atoms with E-state index in [0.29, 0.717) is 6.54 Å². The van der Waals surface area contributed by atoms with Gasteiger partial charge in [0.1, 0.15) is 5.01 Å². The number of aromatic nitrogens is 1. The molecule has 1 fully saturated rings. The molecular formula is C12H20N4OS. The van der Waals surface area contributed by atoms with E-state index in [1.54, 1.807) is 11.3 Å². The van der Waals surface area contributed by atoms with Crippen LogP contribution in [0.2, 0.25) is 0 Å². The summed E-state index contributed by atoms with van der Waals surface area (Å²) < 4.78 is 0. The van der Waals surface area contributed by atoms with Crippen LogP contribution in [0.4, 0.5) is 0 Å². The summed E-state index contributed by atoms with van der Waals surface area (Å²) in [6.07, 6.45) is 0. The minimum atomic E-state index is 0.215. The lowest BCUT2D eigenvalue weighted by molar-refractivity contribution is -0.132. The predicted octanol–water partition coefficient (Wildman–Crippen LogP) is 0.315. The molecule has 1 aromatic heterocycles. The number of rotatable bonds is 4. The first-order valence-electron chi connectivity index (χ1n) is 6.23. The van der Waals surface area contributed by atoms with Crippen LogP contribution in [-0.4, -0.2) is 60.5 Å². The first kappa shape index (κ1) is 13.5. The molecule has 5 nitrogen and oxygen atoms in total. The Bertz CT molecular complexity index is 401. The van der Waals surface area contributed by atoms with Crippen molar-refractivity contribution in [1.29, 1.82) is 0 Å². The summed E-state index contributed by atoms with van der Waals surface area (Å²) in [4.78, 5) is 20.4. The van der Waals surface area contributed by atoms with Gasteiger partial charge in [0.2, 0.25) is 5.91 Å². The predicted molar refractivity (Wildman–Crippen MR) is 72.6 cm³/mol. The molecule has 0 aliphatic carbocycles. The average molecular weight is 268 g/mol. The summed E-state index contributed by atoms with van der Waals surface area (Å²) >= 11 is 1.65. The van der Waals surface area contributed by atoms with Crippen LogP contribution in [0.3, 0.4) is 0 Å².